The maximum atomic E-state index is 9.81. The van der Waals surface area contributed by atoms with Gasteiger partial charge in [-0.15, -0.1) is 0 Å². The van der Waals surface area contributed by atoms with Gasteiger partial charge in [0.2, 0.25) is 0 Å². The predicted molar refractivity (Wildman–Crippen MR) is 50.2 cm³/mol. The molecule has 2 nitrogen and oxygen atoms in total. The molecule has 72 valence electrons. The summed E-state index contributed by atoms with van der Waals surface area (Å²) < 4.78 is 5.28. The highest BCUT2D eigenvalue weighted by molar-refractivity contribution is 5.74. The van der Waals surface area contributed by atoms with E-state index < -0.39 is 0 Å². The first-order valence-corrected chi connectivity index (χ1v) is 4.77. The largest absolute Gasteiger partial charge is 0.379 e. The Balaban J connectivity index is 0.000000217. The summed E-state index contributed by atoms with van der Waals surface area (Å²) in [5.41, 5.74) is 0. The minimum absolute atomic E-state index is 0.255. The predicted octanol–water partition coefficient (Wildman–Crippen LogP) is 2.56. The van der Waals surface area contributed by atoms with Crippen LogP contribution in [0.2, 0.25) is 0 Å². The average molecular weight is 172 g/mol. The fourth-order valence-corrected chi connectivity index (χ4v) is 0.902. The van der Waals surface area contributed by atoms with Crippen LogP contribution in [-0.2, 0) is 9.53 Å². The Morgan fingerprint density at radius 1 is 1.50 bits per heavy atom. The quantitative estimate of drug-likeness (QED) is 0.607. The Morgan fingerprint density at radius 3 is 2.25 bits per heavy atom. The number of hydrogen-bond acceptors (Lipinski definition) is 2. The van der Waals surface area contributed by atoms with E-state index >= 15 is 0 Å². The van der Waals surface area contributed by atoms with Gasteiger partial charge < -0.3 is 9.53 Å². The average Bonchev–Trinajstić information content (AvgIpc) is 2.07. The molecule has 0 aromatic rings. The Hall–Kier alpha value is -0.370. The fraction of sp³-hybridized carbons (Fsp3) is 0.900. The first-order valence-electron chi connectivity index (χ1n) is 4.77. The lowest BCUT2D eigenvalue weighted by atomic mass is 10.1. The van der Waals surface area contributed by atoms with Crippen molar-refractivity contribution in [3.63, 3.8) is 0 Å². The smallest absolute Gasteiger partial charge is 0.129 e. The van der Waals surface area contributed by atoms with Gasteiger partial charge in [0.1, 0.15) is 5.78 Å². The van der Waals surface area contributed by atoms with Gasteiger partial charge >= 0.3 is 0 Å². The van der Waals surface area contributed by atoms with E-state index in [4.69, 9.17) is 4.74 Å². The molecule has 1 rings (SSSR count). The molecule has 0 aliphatic carbocycles. The molecule has 0 amide bonds. The maximum Gasteiger partial charge on any atom is 0.129 e. The number of ether oxygens (including phenoxy) is 1. The Labute approximate surface area is 75.3 Å². The second-order valence-electron chi connectivity index (χ2n) is 3.23. The van der Waals surface area contributed by atoms with Crippen molar-refractivity contribution in [2.75, 3.05) is 6.61 Å². The van der Waals surface area contributed by atoms with Gasteiger partial charge in [-0.2, -0.15) is 0 Å². The molecule has 1 heterocycles. The van der Waals surface area contributed by atoms with E-state index in [1.54, 1.807) is 6.92 Å². The molecule has 0 aromatic carbocycles. The summed E-state index contributed by atoms with van der Waals surface area (Å²) in [6.45, 7) is 6.56. The minimum Gasteiger partial charge on any atom is -0.379 e. The molecule has 0 saturated carbocycles. The van der Waals surface area contributed by atoms with Crippen molar-refractivity contribution in [1.29, 1.82) is 0 Å². The lowest BCUT2D eigenvalue weighted by Crippen LogP contribution is -2.14. The Kier molecular flexibility index (Phi) is 7.06. The van der Waals surface area contributed by atoms with E-state index in [1.165, 1.54) is 19.3 Å². The summed E-state index contributed by atoms with van der Waals surface area (Å²) in [5.74, 6) is 0.255. The van der Waals surface area contributed by atoms with Gasteiger partial charge in [-0.05, 0) is 33.1 Å². The molecule has 12 heavy (non-hydrogen) atoms. The van der Waals surface area contributed by atoms with Crippen LogP contribution in [0.4, 0.5) is 0 Å². The lowest BCUT2D eigenvalue weighted by molar-refractivity contribution is -0.116. The molecule has 1 fully saturated rings. The third-order valence-corrected chi connectivity index (χ3v) is 1.91. The molecule has 1 aliphatic rings. The number of Topliss-reactive ketones (excluding diaryl/α,β-unsaturated/α-hetero) is 1. The van der Waals surface area contributed by atoms with Crippen LogP contribution in [0.5, 0.6) is 0 Å². The summed E-state index contributed by atoms with van der Waals surface area (Å²) in [5, 5.41) is 0. The van der Waals surface area contributed by atoms with Gasteiger partial charge in [0, 0.05) is 13.0 Å². The normalized spacial score (nSPS) is 22.4. The first-order chi connectivity index (χ1) is 5.66. The van der Waals surface area contributed by atoms with Crippen molar-refractivity contribution < 1.29 is 9.53 Å². The molecule has 0 N–H and O–H groups in total. The zero-order valence-electron chi connectivity index (χ0n) is 8.43. The zero-order valence-corrected chi connectivity index (χ0v) is 8.43. The summed E-state index contributed by atoms with van der Waals surface area (Å²) >= 11 is 0. The van der Waals surface area contributed by atoms with Gasteiger partial charge in [-0.1, -0.05) is 6.92 Å². The monoisotopic (exact) mass is 172 g/mol. The fourth-order valence-electron chi connectivity index (χ4n) is 0.902. The summed E-state index contributed by atoms with van der Waals surface area (Å²) in [6, 6.07) is 0. The third-order valence-electron chi connectivity index (χ3n) is 1.91. The lowest BCUT2D eigenvalue weighted by Gasteiger charge is -2.17. The van der Waals surface area contributed by atoms with E-state index in [0.717, 1.165) is 6.61 Å². The highest BCUT2D eigenvalue weighted by Crippen LogP contribution is 2.10. The number of carbonyl (C=O) groups excluding carboxylic acids is 1. The molecule has 2 heteroatoms. The van der Waals surface area contributed by atoms with Crippen molar-refractivity contribution in [1.82, 2.24) is 0 Å². The second kappa shape index (κ2) is 7.29. The Bertz CT molecular complexity index is 115. The molecule has 0 spiro atoms. The number of carbonyl (C=O) groups is 1. The van der Waals surface area contributed by atoms with Crippen molar-refractivity contribution in [3.8, 4) is 0 Å². The van der Waals surface area contributed by atoms with Crippen LogP contribution in [-0.4, -0.2) is 18.5 Å². The molecule has 0 radical (unpaired) electrons. The minimum atomic E-state index is 0.255. The van der Waals surface area contributed by atoms with Gasteiger partial charge in [0.25, 0.3) is 0 Å². The highest BCUT2D eigenvalue weighted by atomic mass is 16.5. The van der Waals surface area contributed by atoms with E-state index in [9.17, 15) is 4.79 Å². The molecule has 1 atom stereocenters. The second-order valence-corrected chi connectivity index (χ2v) is 3.23. The van der Waals surface area contributed by atoms with Crippen LogP contribution in [0.15, 0.2) is 0 Å². The van der Waals surface area contributed by atoms with Crippen molar-refractivity contribution in [2.45, 2.75) is 52.6 Å². The molecular weight excluding hydrogens is 152 g/mol. The standard InChI is InChI=1S/C6H12O.C4H8O/c1-6-4-2-3-5-7-6;1-3-4(2)5/h6H,2-5H2,1H3;3H2,1-2H3. The van der Waals surface area contributed by atoms with Crippen LogP contribution in [0.3, 0.4) is 0 Å². The van der Waals surface area contributed by atoms with Gasteiger partial charge in [-0.25, -0.2) is 0 Å². The maximum absolute atomic E-state index is 9.81. The Morgan fingerprint density at radius 2 is 2.08 bits per heavy atom. The first kappa shape index (κ1) is 11.6. The summed E-state index contributed by atoms with van der Waals surface area (Å²) in [6.07, 6.45) is 5.10. The molecule has 0 bridgehead atoms. The van der Waals surface area contributed by atoms with E-state index in [-0.39, 0.29) is 5.78 Å². The SMILES string of the molecule is CC1CCCCO1.CCC(C)=O. The van der Waals surface area contributed by atoms with Crippen molar-refractivity contribution in [2.24, 2.45) is 0 Å². The van der Waals surface area contributed by atoms with Crippen LogP contribution < -0.4 is 0 Å². The topological polar surface area (TPSA) is 26.3 Å². The van der Waals surface area contributed by atoms with Crippen LogP contribution in [0, 0.1) is 0 Å². The van der Waals surface area contributed by atoms with Crippen LogP contribution >= 0.6 is 0 Å². The van der Waals surface area contributed by atoms with Crippen molar-refractivity contribution in [3.05, 3.63) is 0 Å². The third kappa shape index (κ3) is 7.73. The molecular formula is C10H20O2. The molecule has 1 saturated heterocycles. The zero-order chi connectivity index (χ0) is 9.40. The van der Waals surface area contributed by atoms with E-state index in [0.29, 0.717) is 12.5 Å². The highest BCUT2D eigenvalue weighted by Gasteiger charge is 2.05. The number of hydrogen-bond donors (Lipinski definition) is 0. The number of rotatable bonds is 1. The van der Waals surface area contributed by atoms with Gasteiger partial charge in [-0.3, -0.25) is 0 Å². The van der Waals surface area contributed by atoms with E-state index in [1.807, 2.05) is 6.92 Å². The summed E-state index contributed by atoms with van der Waals surface area (Å²) in [7, 11) is 0. The van der Waals surface area contributed by atoms with Gasteiger partial charge in [0.05, 0.1) is 6.10 Å². The molecule has 1 unspecified atom stereocenters. The van der Waals surface area contributed by atoms with Gasteiger partial charge in [0.15, 0.2) is 0 Å². The number of ketones is 1. The van der Waals surface area contributed by atoms with Crippen LogP contribution in [0.1, 0.15) is 46.5 Å². The van der Waals surface area contributed by atoms with Crippen LogP contribution in [0.25, 0.3) is 0 Å². The molecule has 1 aliphatic heterocycles. The summed E-state index contributed by atoms with van der Waals surface area (Å²) in [4.78, 5) is 9.81. The molecule has 0 aromatic heterocycles. The van der Waals surface area contributed by atoms with Crippen molar-refractivity contribution >= 4 is 5.78 Å². The van der Waals surface area contributed by atoms with E-state index in [2.05, 4.69) is 6.92 Å².